The molecule has 2 heterocycles. The van der Waals surface area contributed by atoms with Crippen molar-refractivity contribution in [1.82, 2.24) is 14.7 Å². The van der Waals surface area contributed by atoms with E-state index in [0.717, 1.165) is 23.0 Å². The van der Waals surface area contributed by atoms with Gasteiger partial charge in [0.05, 0.1) is 23.8 Å². The first-order valence-electron chi connectivity index (χ1n) is 4.97. The minimum atomic E-state index is 0.0832. The Morgan fingerprint density at radius 3 is 3.07 bits per heavy atom. The minimum Gasteiger partial charge on any atom is -0.340 e. The normalized spacial score (nSPS) is 15.8. The third kappa shape index (κ3) is 1.08. The van der Waals surface area contributed by atoms with Crippen molar-refractivity contribution in [3.05, 3.63) is 30.0 Å². The van der Waals surface area contributed by atoms with Crippen LogP contribution in [0.15, 0.2) is 24.4 Å². The van der Waals surface area contributed by atoms with Crippen molar-refractivity contribution in [2.24, 2.45) is 0 Å². The number of hydrogen-bond acceptors (Lipinski definition) is 2. The van der Waals surface area contributed by atoms with Gasteiger partial charge in [-0.1, -0.05) is 12.1 Å². The van der Waals surface area contributed by atoms with Gasteiger partial charge in [0.1, 0.15) is 0 Å². The monoisotopic (exact) mass is 201 g/mol. The molecule has 0 aliphatic carbocycles. The van der Waals surface area contributed by atoms with Crippen molar-refractivity contribution in [3.63, 3.8) is 0 Å². The smallest absolute Gasteiger partial charge is 0.255 e. The van der Waals surface area contributed by atoms with Crippen LogP contribution in [-0.2, 0) is 6.54 Å². The average Bonchev–Trinajstić information content (AvgIpc) is 2.62. The summed E-state index contributed by atoms with van der Waals surface area (Å²) in [4.78, 5) is 13.7. The van der Waals surface area contributed by atoms with Crippen LogP contribution in [0.3, 0.4) is 0 Å². The molecule has 4 nitrogen and oxygen atoms in total. The zero-order chi connectivity index (χ0) is 10.4. The van der Waals surface area contributed by atoms with Gasteiger partial charge in [-0.3, -0.25) is 9.48 Å². The van der Waals surface area contributed by atoms with Gasteiger partial charge in [-0.25, -0.2) is 0 Å². The Bertz CT molecular complexity index is 544. The maximum Gasteiger partial charge on any atom is 0.255 e. The van der Waals surface area contributed by atoms with E-state index in [2.05, 4.69) is 5.10 Å². The fraction of sp³-hybridized carbons (Fsp3) is 0.273. The maximum absolute atomic E-state index is 12.0. The molecule has 4 heteroatoms. The average molecular weight is 201 g/mol. The van der Waals surface area contributed by atoms with E-state index in [1.165, 1.54) is 0 Å². The van der Waals surface area contributed by atoms with E-state index < -0.39 is 0 Å². The molecular formula is C11H11N3O. The highest BCUT2D eigenvalue weighted by Crippen LogP contribution is 2.21. The molecule has 0 unspecified atom stereocenters. The highest BCUT2D eigenvalue weighted by molar-refractivity contribution is 6.05. The van der Waals surface area contributed by atoms with E-state index >= 15 is 0 Å². The van der Waals surface area contributed by atoms with Gasteiger partial charge in [0.25, 0.3) is 5.91 Å². The first-order chi connectivity index (χ1) is 7.27. The summed E-state index contributed by atoms with van der Waals surface area (Å²) in [6.45, 7) is 1.48. The van der Waals surface area contributed by atoms with Crippen molar-refractivity contribution in [2.75, 3.05) is 13.6 Å². The fourth-order valence-electron chi connectivity index (χ4n) is 2.04. The van der Waals surface area contributed by atoms with E-state index in [-0.39, 0.29) is 5.91 Å². The largest absolute Gasteiger partial charge is 0.340 e. The summed E-state index contributed by atoms with van der Waals surface area (Å²) in [5.41, 5.74) is 1.72. The van der Waals surface area contributed by atoms with E-state index in [9.17, 15) is 4.79 Å². The van der Waals surface area contributed by atoms with Crippen LogP contribution in [0.2, 0.25) is 0 Å². The molecule has 0 bridgehead atoms. The first-order valence-corrected chi connectivity index (χ1v) is 4.97. The first kappa shape index (κ1) is 8.47. The Labute approximate surface area is 87.1 Å². The van der Waals surface area contributed by atoms with Crippen molar-refractivity contribution in [1.29, 1.82) is 0 Å². The topological polar surface area (TPSA) is 38.1 Å². The number of nitrogens with zero attached hydrogens (tertiary/aromatic N) is 3. The number of carbonyl (C=O) groups is 1. The number of amides is 1. The van der Waals surface area contributed by atoms with Crippen LogP contribution >= 0.6 is 0 Å². The highest BCUT2D eigenvalue weighted by Gasteiger charge is 2.21. The van der Waals surface area contributed by atoms with Gasteiger partial charge >= 0.3 is 0 Å². The summed E-state index contributed by atoms with van der Waals surface area (Å²) in [7, 11) is 1.83. The highest BCUT2D eigenvalue weighted by atomic mass is 16.2. The molecule has 1 amide bonds. The van der Waals surface area contributed by atoms with Crippen LogP contribution in [0.1, 0.15) is 10.4 Å². The molecule has 15 heavy (non-hydrogen) atoms. The molecule has 1 aliphatic heterocycles. The molecule has 76 valence electrons. The number of para-hydroxylation sites is 1. The van der Waals surface area contributed by atoms with Crippen LogP contribution in [0.5, 0.6) is 0 Å². The van der Waals surface area contributed by atoms with Crippen LogP contribution < -0.4 is 0 Å². The second kappa shape index (κ2) is 2.82. The summed E-state index contributed by atoms with van der Waals surface area (Å²) in [5, 5.41) is 5.33. The zero-order valence-electron chi connectivity index (χ0n) is 8.47. The summed E-state index contributed by atoms with van der Waals surface area (Å²) in [6, 6.07) is 5.76. The number of aromatic nitrogens is 2. The molecule has 0 saturated carbocycles. The molecule has 0 fully saturated rings. The second-order valence-corrected chi connectivity index (χ2v) is 3.84. The van der Waals surface area contributed by atoms with Crippen molar-refractivity contribution < 1.29 is 4.79 Å². The van der Waals surface area contributed by atoms with E-state index in [1.807, 2.05) is 36.1 Å². The van der Waals surface area contributed by atoms with Crippen LogP contribution in [0, 0.1) is 0 Å². The SMILES string of the molecule is CN1CCn2ncc3cccc(c32)C1=O. The van der Waals surface area contributed by atoms with E-state index in [4.69, 9.17) is 0 Å². The van der Waals surface area contributed by atoms with Crippen molar-refractivity contribution in [2.45, 2.75) is 6.54 Å². The van der Waals surface area contributed by atoms with Gasteiger partial charge in [0.2, 0.25) is 0 Å². The number of likely N-dealkylation sites (N-methyl/N-ethyl adjacent to an activating group) is 1. The lowest BCUT2D eigenvalue weighted by Crippen LogP contribution is -2.27. The van der Waals surface area contributed by atoms with Crippen LogP contribution in [0.25, 0.3) is 10.9 Å². The quantitative estimate of drug-likeness (QED) is 0.640. The summed E-state index contributed by atoms with van der Waals surface area (Å²) in [5.74, 6) is 0.0832. The van der Waals surface area contributed by atoms with Crippen molar-refractivity contribution in [3.8, 4) is 0 Å². The minimum absolute atomic E-state index is 0.0832. The number of rotatable bonds is 0. The molecule has 3 rings (SSSR count). The van der Waals surface area contributed by atoms with Gasteiger partial charge < -0.3 is 4.90 Å². The van der Waals surface area contributed by atoms with Gasteiger partial charge in [-0.15, -0.1) is 0 Å². The Morgan fingerprint density at radius 1 is 1.33 bits per heavy atom. The third-order valence-electron chi connectivity index (χ3n) is 2.89. The zero-order valence-corrected chi connectivity index (χ0v) is 8.47. The summed E-state index contributed by atoms with van der Waals surface area (Å²) >= 11 is 0. The Morgan fingerprint density at radius 2 is 2.20 bits per heavy atom. The summed E-state index contributed by atoms with van der Waals surface area (Å²) < 4.78 is 1.91. The second-order valence-electron chi connectivity index (χ2n) is 3.84. The standard InChI is InChI=1S/C11H11N3O/c1-13-5-6-14-10-8(7-12-14)3-2-4-9(10)11(13)15/h2-4,7H,5-6H2,1H3. The van der Waals surface area contributed by atoms with E-state index in [0.29, 0.717) is 6.54 Å². The molecule has 1 aliphatic rings. The molecule has 0 radical (unpaired) electrons. The van der Waals surface area contributed by atoms with Crippen LogP contribution in [0.4, 0.5) is 0 Å². The van der Waals surface area contributed by atoms with Gasteiger partial charge in [-0.05, 0) is 6.07 Å². The van der Waals surface area contributed by atoms with Crippen molar-refractivity contribution >= 4 is 16.8 Å². The maximum atomic E-state index is 12.0. The molecule has 1 aromatic carbocycles. The molecular weight excluding hydrogens is 190 g/mol. The number of carbonyl (C=O) groups excluding carboxylic acids is 1. The van der Waals surface area contributed by atoms with Gasteiger partial charge in [0, 0.05) is 19.0 Å². The number of benzene rings is 1. The van der Waals surface area contributed by atoms with Gasteiger partial charge in [-0.2, -0.15) is 5.10 Å². The predicted molar refractivity (Wildman–Crippen MR) is 56.7 cm³/mol. The van der Waals surface area contributed by atoms with Crippen LogP contribution in [-0.4, -0.2) is 34.2 Å². The fourth-order valence-corrected chi connectivity index (χ4v) is 2.04. The molecule has 1 aromatic heterocycles. The Kier molecular flexibility index (Phi) is 1.59. The van der Waals surface area contributed by atoms with E-state index in [1.54, 1.807) is 4.90 Å². The lowest BCUT2D eigenvalue weighted by atomic mass is 10.1. The molecule has 0 N–H and O–H groups in total. The Hall–Kier alpha value is -1.84. The molecule has 0 atom stereocenters. The molecule has 0 spiro atoms. The lowest BCUT2D eigenvalue weighted by Gasteiger charge is -2.13. The predicted octanol–water partition coefficient (Wildman–Crippen LogP) is 1.12. The molecule has 0 saturated heterocycles. The third-order valence-corrected chi connectivity index (χ3v) is 2.89. The molecule has 2 aromatic rings. The Balaban J connectivity index is 2.38. The van der Waals surface area contributed by atoms with Gasteiger partial charge in [0.15, 0.2) is 0 Å². The summed E-state index contributed by atoms with van der Waals surface area (Å²) in [6.07, 6.45) is 1.82. The number of hydrogen-bond donors (Lipinski definition) is 0. The lowest BCUT2D eigenvalue weighted by molar-refractivity contribution is 0.0797.